The van der Waals surface area contributed by atoms with Crippen LogP contribution in [-0.2, 0) is 0 Å². The van der Waals surface area contributed by atoms with E-state index in [1.165, 1.54) is 11.1 Å². The normalized spacial score (nSPS) is 14.3. The molecule has 0 aromatic carbocycles. The first kappa shape index (κ1) is 13.8. The minimum atomic E-state index is 0.268. The molecule has 0 spiro atoms. The monoisotopic (exact) mass is 258 g/mol. The van der Waals surface area contributed by atoms with Gasteiger partial charge in [-0.05, 0) is 44.2 Å². The Morgan fingerprint density at radius 1 is 1.26 bits per heavy atom. The number of pyridine rings is 1. The molecule has 3 nitrogen and oxygen atoms in total. The summed E-state index contributed by atoms with van der Waals surface area (Å²) in [5.41, 5.74) is 2.54. The molecule has 2 heterocycles. The Morgan fingerprint density at radius 2 is 1.95 bits per heavy atom. The maximum Gasteiger partial charge on any atom is 0.105 e. The van der Waals surface area contributed by atoms with Gasteiger partial charge < -0.3 is 9.73 Å². The van der Waals surface area contributed by atoms with Crippen LogP contribution in [0.3, 0.4) is 0 Å². The smallest absolute Gasteiger partial charge is 0.105 e. The van der Waals surface area contributed by atoms with Crippen molar-refractivity contribution in [3.05, 3.63) is 53.2 Å². The van der Waals surface area contributed by atoms with Gasteiger partial charge in [-0.1, -0.05) is 13.8 Å². The van der Waals surface area contributed by atoms with Crippen molar-refractivity contribution in [2.24, 2.45) is 0 Å². The summed E-state index contributed by atoms with van der Waals surface area (Å²) < 4.78 is 5.68. The van der Waals surface area contributed by atoms with E-state index in [1.54, 1.807) is 0 Å². The maximum absolute atomic E-state index is 5.68. The Hall–Kier alpha value is -1.61. The molecular weight excluding hydrogens is 236 g/mol. The van der Waals surface area contributed by atoms with Gasteiger partial charge in [-0.2, -0.15) is 0 Å². The van der Waals surface area contributed by atoms with E-state index in [9.17, 15) is 0 Å². The molecule has 2 aromatic heterocycles. The van der Waals surface area contributed by atoms with Crippen LogP contribution in [-0.4, -0.2) is 11.5 Å². The molecule has 19 heavy (non-hydrogen) atoms. The van der Waals surface area contributed by atoms with Crippen molar-refractivity contribution in [1.82, 2.24) is 10.3 Å². The van der Waals surface area contributed by atoms with Crippen LogP contribution in [0.2, 0.25) is 0 Å². The fraction of sp³-hybridized carbons (Fsp3) is 0.438. The fourth-order valence-corrected chi connectivity index (χ4v) is 2.59. The van der Waals surface area contributed by atoms with Crippen molar-refractivity contribution in [3.63, 3.8) is 0 Å². The molecule has 0 aliphatic carbocycles. The zero-order valence-electron chi connectivity index (χ0n) is 12.1. The highest BCUT2D eigenvalue weighted by molar-refractivity contribution is 5.29. The van der Waals surface area contributed by atoms with Crippen LogP contribution in [0.4, 0.5) is 0 Å². The predicted octanol–water partition coefficient (Wildman–Crippen LogP) is 3.75. The minimum absolute atomic E-state index is 0.268. The van der Waals surface area contributed by atoms with Gasteiger partial charge in [-0.15, -0.1) is 0 Å². The number of nitrogens with zero attached hydrogens (tertiary/aromatic N) is 1. The number of nitrogens with one attached hydrogen (secondary N) is 1. The summed E-state index contributed by atoms with van der Waals surface area (Å²) in [6, 6.07) is 6.57. The number of rotatable bonds is 5. The number of aryl methyl sites for hydroxylation is 2. The molecule has 2 aromatic rings. The quantitative estimate of drug-likeness (QED) is 0.887. The van der Waals surface area contributed by atoms with E-state index in [0.29, 0.717) is 5.92 Å². The number of likely N-dealkylation sites (N-methyl/N-ethyl adjacent to an activating group) is 1. The molecule has 0 saturated heterocycles. The summed E-state index contributed by atoms with van der Waals surface area (Å²) in [5.74, 6) is 2.35. The summed E-state index contributed by atoms with van der Waals surface area (Å²) in [5, 5.41) is 3.57. The fourth-order valence-electron chi connectivity index (χ4n) is 2.59. The van der Waals surface area contributed by atoms with Crippen molar-refractivity contribution in [2.45, 2.75) is 39.7 Å². The van der Waals surface area contributed by atoms with Gasteiger partial charge in [0.05, 0.1) is 0 Å². The van der Waals surface area contributed by atoms with E-state index in [2.05, 4.69) is 42.3 Å². The summed E-state index contributed by atoms with van der Waals surface area (Å²) in [6.07, 6.45) is 3.70. The van der Waals surface area contributed by atoms with Gasteiger partial charge in [-0.25, -0.2) is 0 Å². The lowest BCUT2D eigenvalue weighted by Crippen LogP contribution is -2.26. The zero-order valence-corrected chi connectivity index (χ0v) is 12.1. The number of furan rings is 1. The van der Waals surface area contributed by atoms with Crippen molar-refractivity contribution >= 4 is 0 Å². The van der Waals surface area contributed by atoms with Crippen LogP contribution in [0.1, 0.15) is 48.5 Å². The highest BCUT2D eigenvalue weighted by atomic mass is 16.3. The molecule has 0 amide bonds. The van der Waals surface area contributed by atoms with Gasteiger partial charge in [0.1, 0.15) is 11.5 Å². The average molecular weight is 258 g/mol. The minimum Gasteiger partial charge on any atom is -0.466 e. The van der Waals surface area contributed by atoms with E-state index >= 15 is 0 Å². The van der Waals surface area contributed by atoms with Crippen molar-refractivity contribution in [1.29, 1.82) is 0 Å². The molecule has 2 rings (SSSR count). The third-order valence-corrected chi connectivity index (χ3v) is 3.57. The molecular formula is C16H22N2O. The summed E-state index contributed by atoms with van der Waals surface area (Å²) in [6.45, 7) is 9.34. The molecule has 102 valence electrons. The SMILES string of the molecule is CCNC(c1cc(C)oc1C)C(C)c1ccncc1. The Balaban J connectivity index is 2.32. The lowest BCUT2D eigenvalue weighted by molar-refractivity contribution is 0.455. The lowest BCUT2D eigenvalue weighted by atomic mass is 9.89. The highest BCUT2D eigenvalue weighted by Gasteiger charge is 2.23. The lowest BCUT2D eigenvalue weighted by Gasteiger charge is -2.25. The standard InChI is InChI=1S/C16H22N2O/c1-5-18-16(15-10-11(2)19-13(15)4)12(3)14-6-8-17-9-7-14/h6-10,12,16,18H,5H2,1-4H3. The predicted molar refractivity (Wildman–Crippen MR) is 77.3 cm³/mol. The zero-order chi connectivity index (χ0) is 13.8. The van der Waals surface area contributed by atoms with Crippen molar-refractivity contribution in [2.75, 3.05) is 6.54 Å². The molecule has 3 heteroatoms. The number of hydrogen-bond donors (Lipinski definition) is 1. The Labute approximate surface area is 115 Å². The first-order chi connectivity index (χ1) is 9.13. The molecule has 0 aliphatic rings. The van der Waals surface area contributed by atoms with Crippen LogP contribution >= 0.6 is 0 Å². The molecule has 0 fully saturated rings. The number of hydrogen-bond acceptors (Lipinski definition) is 3. The van der Waals surface area contributed by atoms with Crippen molar-refractivity contribution in [3.8, 4) is 0 Å². The average Bonchev–Trinajstić information content (AvgIpc) is 2.75. The van der Waals surface area contributed by atoms with Gasteiger partial charge in [0.2, 0.25) is 0 Å². The summed E-state index contributed by atoms with van der Waals surface area (Å²) >= 11 is 0. The second-order valence-corrected chi connectivity index (χ2v) is 4.97. The van der Waals surface area contributed by atoms with Crippen LogP contribution in [0.25, 0.3) is 0 Å². The molecule has 2 unspecified atom stereocenters. The summed E-state index contributed by atoms with van der Waals surface area (Å²) in [4.78, 5) is 4.09. The van der Waals surface area contributed by atoms with Gasteiger partial charge in [-0.3, -0.25) is 4.98 Å². The second kappa shape index (κ2) is 6.02. The van der Waals surface area contributed by atoms with Gasteiger partial charge in [0.15, 0.2) is 0 Å². The molecule has 0 aliphatic heterocycles. The van der Waals surface area contributed by atoms with Gasteiger partial charge >= 0.3 is 0 Å². The Bertz CT molecular complexity index is 519. The van der Waals surface area contributed by atoms with Crippen LogP contribution in [0.15, 0.2) is 35.0 Å². The van der Waals surface area contributed by atoms with Crippen LogP contribution in [0, 0.1) is 13.8 Å². The number of aromatic nitrogens is 1. The van der Waals surface area contributed by atoms with E-state index in [0.717, 1.165) is 18.1 Å². The van der Waals surface area contributed by atoms with E-state index < -0.39 is 0 Å². The van der Waals surface area contributed by atoms with Crippen molar-refractivity contribution < 1.29 is 4.42 Å². The maximum atomic E-state index is 5.68. The molecule has 2 atom stereocenters. The molecule has 1 N–H and O–H groups in total. The van der Waals surface area contributed by atoms with Gasteiger partial charge in [0, 0.05) is 29.9 Å². The van der Waals surface area contributed by atoms with Gasteiger partial charge in [0.25, 0.3) is 0 Å². The first-order valence-corrected chi connectivity index (χ1v) is 6.83. The molecule has 0 saturated carbocycles. The molecule has 0 bridgehead atoms. The van der Waals surface area contributed by atoms with E-state index in [-0.39, 0.29) is 6.04 Å². The third kappa shape index (κ3) is 3.04. The van der Waals surface area contributed by atoms with Crippen LogP contribution < -0.4 is 5.32 Å². The summed E-state index contributed by atoms with van der Waals surface area (Å²) in [7, 11) is 0. The highest BCUT2D eigenvalue weighted by Crippen LogP contribution is 2.33. The van der Waals surface area contributed by atoms with E-state index in [4.69, 9.17) is 4.42 Å². The third-order valence-electron chi connectivity index (χ3n) is 3.57. The Morgan fingerprint density at radius 3 is 2.47 bits per heavy atom. The first-order valence-electron chi connectivity index (χ1n) is 6.83. The largest absolute Gasteiger partial charge is 0.466 e. The topological polar surface area (TPSA) is 38.1 Å². The Kier molecular flexibility index (Phi) is 4.38. The van der Waals surface area contributed by atoms with E-state index in [1.807, 2.05) is 26.2 Å². The second-order valence-electron chi connectivity index (χ2n) is 4.97. The van der Waals surface area contributed by atoms with Crippen LogP contribution in [0.5, 0.6) is 0 Å². The molecule has 0 radical (unpaired) electrons.